The Bertz CT molecular complexity index is 788. The number of benzene rings is 1. The lowest BCUT2D eigenvalue weighted by Gasteiger charge is -2.34. The first-order valence-electron chi connectivity index (χ1n) is 13.9. The Morgan fingerprint density at radius 2 is 1.41 bits per heavy atom. The third kappa shape index (κ3) is 7.68. The predicted octanol–water partition coefficient (Wildman–Crippen LogP) is 4.44. The van der Waals surface area contributed by atoms with E-state index in [1.807, 2.05) is 0 Å². The summed E-state index contributed by atoms with van der Waals surface area (Å²) < 4.78 is 2.48. The largest absolute Gasteiger partial charge is 1.00 e. The van der Waals surface area contributed by atoms with Crippen LogP contribution in [0.5, 0.6) is 0 Å². The lowest BCUT2D eigenvalue weighted by atomic mass is 9.96. The topological polar surface area (TPSA) is 26.5 Å². The molecule has 1 aromatic rings. The van der Waals surface area contributed by atoms with Gasteiger partial charge < -0.3 is 22.1 Å². The first-order valence-corrected chi connectivity index (χ1v) is 13.9. The number of rotatable bonds is 15. The summed E-state index contributed by atoms with van der Waals surface area (Å²) in [5, 5.41) is 11.8. The number of hydrogen-bond acceptors (Lipinski definition) is 2. The second-order valence-corrected chi connectivity index (χ2v) is 10.4. The summed E-state index contributed by atoms with van der Waals surface area (Å²) >= 11 is 0. The van der Waals surface area contributed by atoms with Gasteiger partial charge in [0.2, 0.25) is 5.72 Å². The van der Waals surface area contributed by atoms with E-state index in [4.69, 9.17) is 0 Å². The third-order valence-electron chi connectivity index (χ3n) is 7.91. The highest BCUT2D eigenvalue weighted by Gasteiger charge is 2.53. The lowest BCUT2D eigenvalue weighted by Crippen LogP contribution is -3.00. The molecule has 4 heteroatoms. The van der Waals surface area contributed by atoms with Crippen LogP contribution in [0.25, 0.3) is 0 Å². The van der Waals surface area contributed by atoms with Gasteiger partial charge in [-0.1, -0.05) is 108 Å². The van der Waals surface area contributed by atoms with E-state index in [1.165, 1.54) is 93.2 Å². The number of aliphatic hydroxyl groups is 1. The van der Waals surface area contributed by atoms with E-state index < -0.39 is 5.72 Å². The summed E-state index contributed by atoms with van der Waals surface area (Å²) in [5.74, 6) is 1.27. The second-order valence-electron chi connectivity index (χ2n) is 10.4. The highest BCUT2D eigenvalue weighted by molar-refractivity contribution is 5.98. The van der Waals surface area contributed by atoms with E-state index in [0.717, 1.165) is 38.9 Å². The Hall–Kier alpha value is -1.13. The maximum absolute atomic E-state index is 11.8. The van der Waals surface area contributed by atoms with Crippen LogP contribution in [0.2, 0.25) is 0 Å². The van der Waals surface area contributed by atoms with Crippen LogP contribution in [0.3, 0.4) is 0 Å². The van der Waals surface area contributed by atoms with E-state index in [1.54, 1.807) is 0 Å². The molecular formula is C30H49BrN2O. The van der Waals surface area contributed by atoms with Crippen molar-refractivity contribution in [3.8, 4) is 0 Å². The van der Waals surface area contributed by atoms with Crippen LogP contribution in [0.15, 0.2) is 41.5 Å². The Labute approximate surface area is 220 Å². The van der Waals surface area contributed by atoms with Gasteiger partial charge in [-0.25, -0.2) is 4.90 Å². The third-order valence-corrected chi connectivity index (χ3v) is 7.91. The molecule has 0 aromatic heterocycles. The van der Waals surface area contributed by atoms with Crippen molar-refractivity contribution in [1.82, 2.24) is 4.90 Å². The molecule has 0 saturated carbocycles. The minimum absolute atomic E-state index is 0. The Morgan fingerprint density at radius 1 is 0.853 bits per heavy atom. The monoisotopic (exact) mass is 532 g/mol. The van der Waals surface area contributed by atoms with Crippen molar-refractivity contribution in [3.05, 3.63) is 47.0 Å². The van der Waals surface area contributed by atoms with Crippen LogP contribution in [-0.2, 0) is 6.54 Å². The molecule has 1 atom stereocenters. The van der Waals surface area contributed by atoms with Crippen molar-refractivity contribution < 1.29 is 26.7 Å². The molecule has 0 saturated heterocycles. The van der Waals surface area contributed by atoms with Crippen molar-refractivity contribution in [2.45, 2.75) is 123 Å². The fourth-order valence-electron chi connectivity index (χ4n) is 5.77. The average molecular weight is 534 g/mol. The predicted molar refractivity (Wildman–Crippen MR) is 141 cm³/mol. The van der Waals surface area contributed by atoms with Gasteiger partial charge in [-0.2, -0.15) is 0 Å². The van der Waals surface area contributed by atoms with Crippen LogP contribution in [-0.4, -0.2) is 39.2 Å². The van der Waals surface area contributed by atoms with Gasteiger partial charge in [-0.15, -0.1) is 0 Å². The molecule has 0 radical (unpaired) electrons. The molecule has 0 bridgehead atoms. The number of halogens is 1. The molecule has 2 aliphatic heterocycles. The second kappa shape index (κ2) is 15.1. The van der Waals surface area contributed by atoms with Gasteiger partial charge >= 0.3 is 0 Å². The minimum atomic E-state index is -0.784. The van der Waals surface area contributed by atoms with Gasteiger partial charge in [0.25, 0.3) is 5.84 Å². The molecule has 0 amide bonds. The Morgan fingerprint density at radius 3 is 2.00 bits per heavy atom. The van der Waals surface area contributed by atoms with Gasteiger partial charge in [0.15, 0.2) is 0 Å². The molecule has 2 heterocycles. The zero-order valence-electron chi connectivity index (χ0n) is 22.1. The number of nitrogens with zero attached hydrogens (tertiary/aromatic N) is 2. The van der Waals surface area contributed by atoms with Gasteiger partial charge in [-0.05, 0) is 25.8 Å². The molecule has 3 nitrogen and oxygen atoms in total. The fraction of sp³-hybridized carbons (Fsp3) is 0.700. The lowest BCUT2D eigenvalue weighted by molar-refractivity contribution is -0.554. The molecule has 1 N–H and O–H groups in total. The van der Waals surface area contributed by atoms with Gasteiger partial charge in [0.1, 0.15) is 6.54 Å². The van der Waals surface area contributed by atoms with Crippen molar-refractivity contribution in [2.24, 2.45) is 0 Å². The maximum Gasteiger partial charge on any atom is 0.277 e. The maximum atomic E-state index is 11.8. The smallest absolute Gasteiger partial charge is 0.277 e. The summed E-state index contributed by atoms with van der Waals surface area (Å²) in [5.41, 5.74) is 3.01. The molecule has 0 fully saturated rings. The van der Waals surface area contributed by atoms with Gasteiger partial charge in [0.05, 0.1) is 13.1 Å². The van der Waals surface area contributed by atoms with Crippen LogP contribution in [0.1, 0.15) is 116 Å². The molecule has 3 rings (SSSR count). The van der Waals surface area contributed by atoms with Crippen molar-refractivity contribution >= 4 is 5.84 Å². The summed E-state index contributed by atoms with van der Waals surface area (Å²) in [6, 6.07) is 10.7. The van der Waals surface area contributed by atoms with E-state index in [2.05, 4.69) is 60.6 Å². The number of hydrogen-bond donors (Lipinski definition) is 1. The van der Waals surface area contributed by atoms with Gasteiger partial charge in [-0.3, -0.25) is 4.58 Å². The molecule has 1 aromatic carbocycles. The molecule has 1 unspecified atom stereocenters. The normalized spacial score (nSPS) is 20.1. The summed E-state index contributed by atoms with van der Waals surface area (Å²) in [4.78, 5) is 2.32. The highest BCUT2D eigenvalue weighted by Crippen LogP contribution is 2.39. The van der Waals surface area contributed by atoms with Crippen molar-refractivity contribution in [1.29, 1.82) is 0 Å². The number of unbranched alkanes of at least 4 members (excludes halogenated alkanes) is 11. The zero-order valence-corrected chi connectivity index (χ0v) is 23.7. The molecule has 192 valence electrons. The van der Waals surface area contributed by atoms with E-state index in [0.29, 0.717) is 0 Å². The Balaban J connectivity index is 0.00000408. The van der Waals surface area contributed by atoms with E-state index in [-0.39, 0.29) is 17.0 Å². The van der Waals surface area contributed by atoms with Crippen LogP contribution < -0.4 is 17.0 Å². The molecule has 0 aliphatic carbocycles. The average Bonchev–Trinajstić information content (AvgIpc) is 3.02. The quantitative estimate of drug-likeness (QED) is 0.267. The molecule has 2 aliphatic rings. The molecular weight excluding hydrogens is 484 g/mol. The van der Waals surface area contributed by atoms with Gasteiger partial charge in [0, 0.05) is 24.0 Å². The number of amidine groups is 1. The first-order chi connectivity index (χ1) is 16.1. The molecule has 0 spiro atoms. The van der Waals surface area contributed by atoms with Crippen molar-refractivity contribution in [2.75, 3.05) is 13.1 Å². The first kappa shape index (κ1) is 29.1. The summed E-state index contributed by atoms with van der Waals surface area (Å²) in [7, 11) is 0. The molecule has 34 heavy (non-hydrogen) atoms. The van der Waals surface area contributed by atoms with E-state index >= 15 is 0 Å². The SMILES string of the molecule is CCCCCCCCCCCCCCC1(O)C(C)=C(C)C2=[N+](Cc3ccccc3)CCCN21.[Br-]. The van der Waals surface area contributed by atoms with Crippen LogP contribution in [0, 0.1) is 0 Å². The highest BCUT2D eigenvalue weighted by atomic mass is 79.9. The van der Waals surface area contributed by atoms with E-state index in [9.17, 15) is 5.11 Å². The summed E-state index contributed by atoms with van der Waals surface area (Å²) in [6.45, 7) is 9.60. The minimum Gasteiger partial charge on any atom is -1.00 e. The zero-order chi connectivity index (χ0) is 23.5. The number of fused-ring (bicyclic) bond motifs is 1. The fourth-order valence-corrected chi connectivity index (χ4v) is 5.77. The standard InChI is InChI=1S/C30H49N2O.BrH/c1-4-5-6-7-8-9-10-11-12-13-14-18-22-30(33)27(3)26(2)29-31(23-19-24-32(29)30)25-28-20-16-15-17-21-28;/h15-17,20-21,33H,4-14,18-19,22-25H2,1-3H3;1H/q+1;/p-1. The van der Waals surface area contributed by atoms with Crippen molar-refractivity contribution in [3.63, 3.8) is 0 Å². The summed E-state index contributed by atoms with van der Waals surface area (Å²) in [6.07, 6.45) is 18.2. The van der Waals surface area contributed by atoms with Crippen LogP contribution >= 0.6 is 0 Å². The van der Waals surface area contributed by atoms with Crippen LogP contribution in [0.4, 0.5) is 0 Å². The Kier molecular flexibility index (Phi) is 12.9.